The molecule has 6 aromatic rings. The van der Waals surface area contributed by atoms with Crippen LogP contribution in [0.2, 0.25) is 10.0 Å². The Balaban J connectivity index is 0.000000286. The molecule has 0 bridgehead atoms. The predicted molar refractivity (Wildman–Crippen MR) is 368 cm³/mol. The first-order valence-electron chi connectivity index (χ1n) is 31.3. The van der Waals surface area contributed by atoms with Gasteiger partial charge in [0.1, 0.15) is 103 Å². The Morgan fingerprint density at radius 1 is 0.573 bits per heavy atom. The largest absolute Gasteiger partial charge is 0.463 e. The molecule has 6 heterocycles. The third kappa shape index (κ3) is 24.6. The number of anilines is 8. The van der Waals surface area contributed by atoms with Gasteiger partial charge >= 0.3 is 11.9 Å². The second-order valence-electron chi connectivity index (χ2n) is 22.8. The molecule has 29 nitrogen and oxygen atoms in total. The Kier molecular flexibility index (Phi) is 31.0. The SMILES string of the molecule is COCCOOCCOOCCOCC(=O)N[C@@H](C(=O)OCCN1CCN(c2cc(Nc3ncc(C(=O)Nc4c(C)cccc4Cl)s3)nc(C)n2)CC1)C(C)C.Cc1nc(Nc2ncc(C(=O)Nc3c(C)cccc3Cl)s2)cc(N2CCN(CCOC(=O)[C@H](N)C(C)C)CC2)n1. The summed E-state index contributed by atoms with van der Waals surface area (Å²) < 4.78 is 21.1. The van der Waals surface area contributed by atoms with Crippen LogP contribution in [0.4, 0.5) is 44.9 Å². The van der Waals surface area contributed by atoms with Gasteiger partial charge in [0, 0.05) is 84.7 Å². The van der Waals surface area contributed by atoms with E-state index < -0.39 is 24.0 Å². The molecule has 0 spiro atoms. The number of aryl methyl sites for hydroxylation is 4. The first-order valence-corrected chi connectivity index (χ1v) is 33.7. The number of rotatable bonds is 34. The Labute approximate surface area is 576 Å². The molecule has 2 aliphatic rings. The van der Waals surface area contributed by atoms with E-state index >= 15 is 0 Å². The lowest BCUT2D eigenvalue weighted by Gasteiger charge is -2.35. The monoisotopic (exact) mass is 1410 g/mol. The van der Waals surface area contributed by atoms with Gasteiger partial charge in [-0.25, -0.2) is 54.2 Å². The number of nitrogens with zero attached hydrogens (tertiary/aromatic N) is 10. The summed E-state index contributed by atoms with van der Waals surface area (Å²) in [6, 6.07) is 13.2. The summed E-state index contributed by atoms with van der Waals surface area (Å²) >= 11 is 15.0. The molecule has 96 heavy (non-hydrogen) atoms. The third-order valence-electron chi connectivity index (χ3n) is 14.8. The normalized spacial score (nSPS) is 14.2. The number of benzene rings is 2. The van der Waals surface area contributed by atoms with Gasteiger partial charge in [-0.2, -0.15) is 0 Å². The summed E-state index contributed by atoms with van der Waals surface area (Å²) in [7, 11) is 1.56. The van der Waals surface area contributed by atoms with Crippen LogP contribution in [0.5, 0.6) is 0 Å². The van der Waals surface area contributed by atoms with Crippen molar-refractivity contribution in [2.24, 2.45) is 17.6 Å². The average Bonchev–Trinajstić information content (AvgIpc) is 2.02. The lowest BCUT2D eigenvalue weighted by Crippen LogP contribution is -2.49. The van der Waals surface area contributed by atoms with E-state index in [1.807, 2.05) is 91.8 Å². The number of para-hydroxylation sites is 2. The zero-order valence-corrected chi connectivity index (χ0v) is 58.6. The van der Waals surface area contributed by atoms with Gasteiger partial charge in [0.25, 0.3) is 11.8 Å². The molecule has 33 heteroatoms. The zero-order chi connectivity index (χ0) is 69.1. The van der Waals surface area contributed by atoms with E-state index in [-0.39, 0.29) is 69.3 Å². The van der Waals surface area contributed by atoms with Crippen LogP contribution in [0.3, 0.4) is 0 Å². The molecule has 4 aromatic heterocycles. The topological polar surface area (TPSA) is 336 Å². The fourth-order valence-electron chi connectivity index (χ4n) is 9.38. The number of halogens is 2. The van der Waals surface area contributed by atoms with Gasteiger partial charge in [-0.3, -0.25) is 29.0 Å². The number of ether oxygens (including phenoxy) is 4. The Morgan fingerprint density at radius 3 is 1.44 bits per heavy atom. The van der Waals surface area contributed by atoms with Crippen molar-refractivity contribution < 1.29 is 62.5 Å². The van der Waals surface area contributed by atoms with Crippen LogP contribution < -0.4 is 42.1 Å². The van der Waals surface area contributed by atoms with Crippen LogP contribution in [0.1, 0.15) is 69.8 Å². The molecule has 0 aliphatic carbocycles. The number of piperazine rings is 2. The Bertz CT molecular complexity index is 3440. The number of methoxy groups -OCH3 is 1. The van der Waals surface area contributed by atoms with Crippen LogP contribution in [0.25, 0.3) is 0 Å². The second kappa shape index (κ2) is 39.1. The number of carbonyl (C=O) groups excluding carboxylic acids is 5. The van der Waals surface area contributed by atoms with E-state index in [1.54, 1.807) is 19.2 Å². The number of hydrogen-bond donors (Lipinski definition) is 6. The maximum Gasteiger partial charge on any atom is 0.328 e. The van der Waals surface area contributed by atoms with Gasteiger partial charge in [0.05, 0.1) is 47.0 Å². The molecular formula is C63H86Cl2N16O13S2. The molecule has 2 fully saturated rings. The number of hydrogen-bond acceptors (Lipinski definition) is 28. The fraction of sp³-hybridized carbons (Fsp3) is 0.508. The summed E-state index contributed by atoms with van der Waals surface area (Å²) in [5.41, 5.74) is 8.74. The quantitative estimate of drug-likeness (QED) is 0.00990. The van der Waals surface area contributed by atoms with E-state index in [0.717, 1.165) is 62.0 Å². The number of thiazole rings is 2. The lowest BCUT2D eigenvalue weighted by atomic mass is 10.0. The summed E-state index contributed by atoms with van der Waals surface area (Å²) in [5.74, 6) is 1.92. The van der Waals surface area contributed by atoms with Crippen LogP contribution in [0, 0.1) is 39.5 Å². The van der Waals surface area contributed by atoms with Gasteiger partial charge in [0.2, 0.25) is 5.91 Å². The van der Waals surface area contributed by atoms with Crippen LogP contribution in [-0.2, 0) is 52.9 Å². The zero-order valence-electron chi connectivity index (χ0n) is 55.4. The molecule has 7 N–H and O–H groups in total. The molecule has 2 saturated heterocycles. The van der Waals surface area contributed by atoms with E-state index in [4.69, 9.17) is 67.4 Å². The second-order valence-corrected chi connectivity index (χ2v) is 25.7. The Hall–Kier alpha value is -7.37. The van der Waals surface area contributed by atoms with Crippen LogP contribution in [-0.4, -0.2) is 213 Å². The number of nitrogens with one attached hydrogen (secondary N) is 5. The van der Waals surface area contributed by atoms with Gasteiger partial charge in [-0.1, -0.05) is 97.8 Å². The minimum Gasteiger partial charge on any atom is -0.463 e. The fourth-order valence-corrected chi connectivity index (χ4v) is 11.4. The van der Waals surface area contributed by atoms with E-state index in [0.29, 0.717) is 111 Å². The molecule has 3 amide bonds. The minimum atomic E-state index is -0.816. The van der Waals surface area contributed by atoms with Gasteiger partial charge in [-0.15, -0.1) is 0 Å². The van der Waals surface area contributed by atoms with E-state index in [1.165, 1.54) is 35.1 Å². The number of esters is 2. The van der Waals surface area contributed by atoms with Gasteiger partial charge in [0.15, 0.2) is 10.3 Å². The highest BCUT2D eigenvalue weighted by atomic mass is 35.5. The molecule has 2 atom stereocenters. The van der Waals surface area contributed by atoms with E-state index in [9.17, 15) is 24.0 Å². The predicted octanol–water partition coefficient (Wildman–Crippen LogP) is 7.41. The van der Waals surface area contributed by atoms with Crippen molar-refractivity contribution in [1.82, 2.24) is 45.0 Å². The first kappa shape index (κ1) is 76.0. The molecule has 2 aromatic carbocycles. The molecule has 0 unspecified atom stereocenters. The number of aromatic nitrogens is 6. The molecule has 522 valence electrons. The van der Waals surface area contributed by atoms with Gasteiger partial charge in [-0.05, 0) is 62.8 Å². The highest BCUT2D eigenvalue weighted by Gasteiger charge is 2.28. The number of carbonyl (C=O) groups is 5. The summed E-state index contributed by atoms with van der Waals surface area (Å²) in [4.78, 5) is 119. The molecule has 0 radical (unpaired) electrons. The maximum absolute atomic E-state index is 12.9. The van der Waals surface area contributed by atoms with Crippen LogP contribution in [0.15, 0.2) is 60.9 Å². The minimum absolute atomic E-state index is 0.0486. The van der Waals surface area contributed by atoms with Crippen molar-refractivity contribution in [3.8, 4) is 0 Å². The number of amides is 3. The third-order valence-corrected chi connectivity index (χ3v) is 17.2. The lowest BCUT2D eigenvalue weighted by molar-refractivity contribution is -0.343. The molecular weight excluding hydrogens is 1320 g/mol. The van der Waals surface area contributed by atoms with E-state index in [2.05, 4.69) is 76.1 Å². The highest BCUT2D eigenvalue weighted by Crippen LogP contribution is 2.31. The number of nitrogens with two attached hydrogens (primary N) is 1. The van der Waals surface area contributed by atoms with Crippen molar-refractivity contribution in [3.63, 3.8) is 0 Å². The summed E-state index contributed by atoms with van der Waals surface area (Å²) in [5, 5.41) is 16.8. The van der Waals surface area contributed by atoms with Crippen molar-refractivity contribution in [2.45, 2.75) is 67.5 Å². The molecule has 0 saturated carbocycles. The Morgan fingerprint density at radius 2 is 1.01 bits per heavy atom. The van der Waals surface area contributed by atoms with Crippen molar-refractivity contribution >= 4 is 120 Å². The standard InChI is InChI=1S/C36H51ClN8O10S.C27H35ClN8O3S/c1-24(2)32(42-31(46)23-50-16-18-53-55-20-19-54-52-17-15-49-5)35(48)51-14-13-44-9-11-45(12-10-44)30-21-29(39-26(4)40-30)41-36-38-22-28(56-36)34(47)43-33-25(3)7-6-8-27(33)37;1-16(2)23(29)26(38)39-13-12-35-8-10-36(11-9-35)22-14-21(31-18(4)32-22)33-27-30-15-20(40-27)25(37)34-24-17(3)6-5-7-19(24)28/h6-8,21-22,24,32H,9-20,23H2,1-5H3,(H,42,46)(H,43,47)(H,38,39,40,41);5-7,14-16,23H,8-13,29H2,1-4H3,(H,34,37)(H,30,31,32,33)/t32-;23-/m11/s1. The van der Waals surface area contributed by atoms with Crippen LogP contribution >= 0.6 is 45.9 Å². The molecule has 2 aliphatic heterocycles. The summed E-state index contributed by atoms with van der Waals surface area (Å²) in [6.07, 6.45) is 3.03. The van der Waals surface area contributed by atoms with Crippen molar-refractivity contribution in [3.05, 3.63) is 103 Å². The van der Waals surface area contributed by atoms with Gasteiger partial charge < -0.3 is 61.1 Å². The first-order chi connectivity index (χ1) is 46.1. The highest BCUT2D eigenvalue weighted by molar-refractivity contribution is 7.18. The average molecular weight is 1410 g/mol. The maximum atomic E-state index is 12.9. The van der Waals surface area contributed by atoms with Crippen molar-refractivity contribution in [1.29, 1.82) is 0 Å². The van der Waals surface area contributed by atoms with Crippen molar-refractivity contribution in [2.75, 3.05) is 163 Å². The molecule has 8 rings (SSSR count). The summed E-state index contributed by atoms with van der Waals surface area (Å²) in [6.45, 7) is 23.7. The smallest absolute Gasteiger partial charge is 0.328 e.